The summed E-state index contributed by atoms with van der Waals surface area (Å²) < 4.78 is 9.14. The van der Waals surface area contributed by atoms with Gasteiger partial charge in [0.1, 0.15) is 6.42 Å². The van der Waals surface area contributed by atoms with Crippen LogP contribution >= 0.6 is 0 Å². The molecule has 114 valence electrons. The van der Waals surface area contributed by atoms with Crippen molar-refractivity contribution in [2.45, 2.75) is 12.8 Å². The lowest BCUT2D eigenvalue weighted by Crippen LogP contribution is -2.35. The van der Waals surface area contributed by atoms with Crippen LogP contribution in [0.5, 0.6) is 0 Å². The van der Waals surface area contributed by atoms with Gasteiger partial charge in [-0.25, -0.2) is 0 Å². The number of esters is 2. The first-order valence-electron chi connectivity index (χ1n) is 6.52. The van der Waals surface area contributed by atoms with E-state index in [1.807, 2.05) is 30.3 Å². The molecule has 1 rings (SSSR count). The van der Waals surface area contributed by atoms with Gasteiger partial charge in [0.05, 0.1) is 20.1 Å². The molecule has 0 aliphatic heterocycles. The van der Waals surface area contributed by atoms with Gasteiger partial charge < -0.3 is 14.8 Å². The Morgan fingerprint density at radius 2 is 1.76 bits per heavy atom. The van der Waals surface area contributed by atoms with Crippen molar-refractivity contribution in [2.24, 2.45) is 5.92 Å². The maximum Gasteiger partial charge on any atom is 0.315 e. The maximum atomic E-state index is 11.7. The number of rotatable bonds is 7. The van der Waals surface area contributed by atoms with Gasteiger partial charge in [0.25, 0.3) is 0 Å². The maximum absolute atomic E-state index is 11.7. The first-order valence-corrected chi connectivity index (χ1v) is 6.52. The fourth-order valence-electron chi connectivity index (χ4n) is 1.81. The van der Waals surface area contributed by atoms with Gasteiger partial charge in [-0.3, -0.25) is 14.4 Å². The van der Waals surface area contributed by atoms with Crippen LogP contribution < -0.4 is 5.32 Å². The summed E-state index contributed by atoms with van der Waals surface area (Å²) in [6.07, 6.45) is 0.0851. The van der Waals surface area contributed by atoms with Gasteiger partial charge >= 0.3 is 11.9 Å². The van der Waals surface area contributed by atoms with E-state index in [2.05, 4.69) is 10.1 Å². The van der Waals surface area contributed by atoms with E-state index in [0.717, 1.165) is 5.56 Å². The van der Waals surface area contributed by atoms with Gasteiger partial charge in [-0.2, -0.15) is 0 Å². The Hall–Kier alpha value is -2.37. The smallest absolute Gasteiger partial charge is 0.315 e. The van der Waals surface area contributed by atoms with E-state index in [4.69, 9.17) is 4.74 Å². The first-order chi connectivity index (χ1) is 10.1. The number of hydrogen-bond acceptors (Lipinski definition) is 5. The number of carbonyl (C=O) groups is 3. The molecule has 1 N–H and O–H groups in total. The zero-order valence-corrected chi connectivity index (χ0v) is 12.1. The molecule has 0 bridgehead atoms. The third-order valence-corrected chi connectivity index (χ3v) is 2.94. The summed E-state index contributed by atoms with van der Waals surface area (Å²) in [4.78, 5) is 34.2. The highest BCUT2D eigenvalue weighted by molar-refractivity contribution is 5.94. The molecule has 0 fully saturated rings. The molecule has 6 nitrogen and oxygen atoms in total. The summed E-state index contributed by atoms with van der Waals surface area (Å²) in [5, 5.41) is 2.54. The number of amides is 1. The molecule has 0 aliphatic carbocycles. The molecule has 1 aromatic rings. The summed E-state index contributed by atoms with van der Waals surface area (Å²) in [6, 6.07) is 9.42. The van der Waals surface area contributed by atoms with Crippen molar-refractivity contribution < 1.29 is 23.9 Å². The third kappa shape index (κ3) is 6.07. The molecule has 0 saturated heterocycles. The monoisotopic (exact) mass is 293 g/mol. The van der Waals surface area contributed by atoms with Crippen molar-refractivity contribution in [1.29, 1.82) is 0 Å². The average Bonchev–Trinajstić information content (AvgIpc) is 2.51. The third-order valence-electron chi connectivity index (χ3n) is 2.94. The van der Waals surface area contributed by atoms with E-state index in [0.29, 0.717) is 6.42 Å². The molecule has 6 heteroatoms. The molecule has 1 unspecified atom stereocenters. The van der Waals surface area contributed by atoms with E-state index < -0.39 is 23.8 Å². The first kappa shape index (κ1) is 16.7. The van der Waals surface area contributed by atoms with Gasteiger partial charge in [-0.05, 0) is 12.0 Å². The molecule has 0 saturated carbocycles. The van der Waals surface area contributed by atoms with E-state index in [9.17, 15) is 14.4 Å². The molecular formula is C15H19NO5. The Balaban J connectivity index is 2.57. The van der Waals surface area contributed by atoms with E-state index in [-0.39, 0.29) is 13.0 Å². The second kappa shape index (κ2) is 8.73. The van der Waals surface area contributed by atoms with Crippen LogP contribution in [0.15, 0.2) is 30.3 Å². The summed E-state index contributed by atoms with van der Waals surface area (Å²) in [5.41, 5.74) is 0.968. The predicted octanol–water partition coefficient (Wildman–Crippen LogP) is 0.698. The predicted molar refractivity (Wildman–Crippen MR) is 75.3 cm³/mol. The highest BCUT2D eigenvalue weighted by Crippen LogP contribution is 2.10. The molecular weight excluding hydrogens is 274 g/mol. The van der Waals surface area contributed by atoms with Crippen molar-refractivity contribution in [1.82, 2.24) is 5.32 Å². The number of benzene rings is 1. The van der Waals surface area contributed by atoms with Crippen LogP contribution in [0, 0.1) is 5.92 Å². The van der Waals surface area contributed by atoms with Crippen LogP contribution in [0.3, 0.4) is 0 Å². The summed E-state index contributed by atoms with van der Waals surface area (Å²) >= 11 is 0. The van der Waals surface area contributed by atoms with Crippen LogP contribution in [-0.2, 0) is 30.3 Å². The highest BCUT2D eigenvalue weighted by atomic mass is 16.5. The normalized spacial score (nSPS) is 11.3. The largest absolute Gasteiger partial charge is 0.469 e. The van der Waals surface area contributed by atoms with Crippen LogP contribution in [0.25, 0.3) is 0 Å². The van der Waals surface area contributed by atoms with E-state index >= 15 is 0 Å². The second-order valence-electron chi connectivity index (χ2n) is 4.47. The Morgan fingerprint density at radius 3 is 2.33 bits per heavy atom. The minimum atomic E-state index is -0.620. The van der Waals surface area contributed by atoms with Crippen molar-refractivity contribution in [2.75, 3.05) is 20.8 Å². The second-order valence-corrected chi connectivity index (χ2v) is 4.47. The Labute approximate surface area is 123 Å². The van der Waals surface area contributed by atoms with Gasteiger partial charge in [-0.15, -0.1) is 0 Å². The molecule has 1 atom stereocenters. The lowest BCUT2D eigenvalue weighted by Gasteiger charge is -2.15. The molecule has 1 amide bonds. The fraction of sp³-hybridized carbons (Fsp3) is 0.400. The Bertz CT molecular complexity index is 486. The number of methoxy groups -OCH3 is 2. The quantitative estimate of drug-likeness (QED) is 0.591. The van der Waals surface area contributed by atoms with E-state index in [1.54, 1.807) is 0 Å². The standard InChI is InChI=1S/C15H19NO5/c1-20-14(18)9-13(17)16-10-12(15(19)21-2)8-11-6-4-3-5-7-11/h3-7,12H,8-10H2,1-2H3,(H,16,17). The van der Waals surface area contributed by atoms with Crippen LogP contribution in [0.4, 0.5) is 0 Å². The van der Waals surface area contributed by atoms with Gasteiger partial charge in [0.2, 0.25) is 5.91 Å². The molecule has 1 aromatic carbocycles. The van der Waals surface area contributed by atoms with Crippen molar-refractivity contribution in [3.63, 3.8) is 0 Å². The zero-order chi connectivity index (χ0) is 15.7. The van der Waals surface area contributed by atoms with Crippen LogP contribution in [0.2, 0.25) is 0 Å². The Kier molecular flexibility index (Phi) is 6.94. The Morgan fingerprint density at radius 1 is 1.10 bits per heavy atom. The molecule has 0 heterocycles. The zero-order valence-electron chi connectivity index (χ0n) is 12.1. The average molecular weight is 293 g/mol. The summed E-state index contributed by atoms with van der Waals surface area (Å²) in [5.74, 6) is -2.01. The minimum absolute atomic E-state index is 0.109. The van der Waals surface area contributed by atoms with Crippen LogP contribution in [-0.4, -0.2) is 38.6 Å². The number of ether oxygens (including phenoxy) is 2. The molecule has 0 spiro atoms. The fourth-order valence-corrected chi connectivity index (χ4v) is 1.81. The van der Waals surface area contributed by atoms with Crippen LogP contribution in [0.1, 0.15) is 12.0 Å². The van der Waals surface area contributed by atoms with Crippen molar-refractivity contribution in [3.05, 3.63) is 35.9 Å². The van der Waals surface area contributed by atoms with Crippen molar-refractivity contribution >= 4 is 17.8 Å². The highest BCUT2D eigenvalue weighted by Gasteiger charge is 2.21. The summed E-state index contributed by atoms with van der Waals surface area (Å²) in [6.45, 7) is 0.109. The number of nitrogens with one attached hydrogen (secondary N) is 1. The summed E-state index contributed by atoms with van der Waals surface area (Å²) in [7, 11) is 2.51. The minimum Gasteiger partial charge on any atom is -0.469 e. The lowest BCUT2D eigenvalue weighted by atomic mass is 9.99. The molecule has 0 radical (unpaired) electrons. The van der Waals surface area contributed by atoms with Gasteiger partial charge in [-0.1, -0.05) is 30.3 Å². The number of carbonyl (C=O) groups excluding carboxylic acids is 3. The SMILES string of the molecule is COC(=O)CC(=O)NCC(Cc1ccccc1)C(=O)OC. The van der Waals surface area contributed by atoms with Gasteiger partial charge in [0, 0.05) is 6.54 Å². The number of hydrogen-bond donors (Lipinski definition) is 1. The van der Waals surface area contributed by atoms with E-state index in [1.165, 1.54) is 14.2 Å². The molecule has 0 aliphatic rings. The molecule has 21 heavy (non-hydrogen) atoms. The molecule has 0 aromatic heterocycles. The van der Waals surface area contributed by atoms with Crippen molar-refractivity contribution in [3.8, 4) is 0 Å². The topological polar surface area (TPSA) is 81.7 Å². The van der Waals surface area contributed by atoms with Gasteiger partial charge in [0.15, 0.2) is 0 Å². The lowest BCUT2D eigenvalue weighted by molar-refractivity contribution is -0.145.